The molecule has 0 atom stereocenters. The van der Waals surface area contributed by atoms with E-state index in [2.05, 4.69) is 9.71 Å². The molecule has 0 aliphatic heterocycles. The number of aromatic nitrogens is 1. The van der Waals surface area contributed by atoms with Gasteiger partial charge in [-0.25, -0.2) is 4.98 Å². The Morgan fingerprint density at radius 1 is 1.47 bits per heavy atom. The number of nitrogens with one attached hydrogen (secondary N) is 1. The van der Waals surface area contributed by atoms with Gasteiger partial charge >= 0.3 is 10.2 Å². The van der Waals surface area contributed by atoms with E-state index in [1.54, 1.807) is 18.3 Å². The maximum absolute atomic E-state index is 11.8. The van der Waals surface area contributed by atoms with Gasteiger partial charge in [-0.15, -0.1) is 0 Å². The lowest BCUT2D eigenvalue weighted by Gasteiger charge is -2.17. The van der Waals surface area contributed by atoms with Crippen molar-refractivity contribution in [2.45, 2.75) is 13.3 Å². The van der Waals surface area contributed by atoms with Gasteiger partial charge < -0.3 is 5.73 Å². The molecule has 0 aliphatic rings. The van der Waals surface area contributed by atoms with Crippen molar-refractivity contribution >= 4 is 16.0 Å². The van der Waals surface area contributed by atoms with E-state index >= 15 is 0 Å². The van der Waals surface area contributed by atoms with Gasteiger partial charge in [0.25, 0.3) is 0 Å². The van der Waals surface area contributed by atoms with Crippen molar-refractivity contribution in [1.29, 1.82) is 0 Å². The van der Waals surface area contributed by atoms with Gasteiger partial charge in [0.05, 0.1) is 0 Å². The second-order valence-corrected chi connectivity index (χ2v) is 5.57. The van der Waals surface area contributed by atoms with Crippen LogP contribution < -0.4 is 10.5 Å². The van der Waals surface area contributed by atoms with Crippen LogP contribution in [0.15, 0.2) is 18.3 Å². The lowest BCUT2D eigenvalue weighted by molar-refractivity contribution is 0.468. The first-order valence-corrected chi connectivity index (χ1v) is 6.76. The molecule has 0 unspecified atom stereocenters. The highest BCUT2D eigenvalue weighted by Crippen LogP contribution is 2.08. The Morgan fingerprint density at radius 2 is 2.18 bits per heavy atom. The smallest absolute Gasteiger partial charge is 0.302 e. The fourth-order valence-corrected chi connectivity index (χ4v) is 2.08. The average molecular weight is 258 g/mol. The molecule has 1 heterocycles. The molecule has 1 rings (SSSR count). The lowest BCUT2D eigenvalue weighted by Crippen LogP contribution is -2.34. The second kappa shape index (κ2) is 5.95. The third-order valence-corrected chi connectivity index (χ3v) is 3.70. The van der Waals surface area contributed by atoms with Crippen LogP contribution in [0.1, 0.15) is 12.0 Å². The molecule has 0 saturated carbocycles. The minimum absolute atomic E-state index is 0.315. The van der Waals surface area contributed by atoms with Crippen LogP contribution in [0.5, 0.6) is 0 Å². The number of aryl methyl sites for hydroxylation is 1. The standard InChI is InChI=1S/C10H18N4O2S/c1-9-4-5-10(12-8-9)13-17(15,16)14(2)7-3-6-11/h4-5,8H,3,6-7,11H2,1-2H3,(H,12,13). The largest absolute Gasteiger partial charge is 0.330 e. The van der Waals surface area contributed by atoms with Crippen molar-refractivity contribution in [1.82, 2.24) is 9.29 Å². The number of hydrogen-bond donors (Lipinski definition) is 2. The van der Waals surface area contributed by atoms with Crippen LogP contribution in [0.2, 0.25) is 0 Å². The van der Waals surface area contributed by atoms with E-state index in [1.165, 1.54) is 11.4 Å². The highest BCUT2D eigenvalue weighted by molar-refractivity contribution is 7.90. The highest BCUT2D eigenvalue weighted by Gasteiger charge is 2.17. The molecule has 0 radical (unpaired) electrons. The Hall–Kier alpha value is -1.18. The Morgan fingerprint density at radius 3 is 2.71 bits per heavy atom. The predicted molar refractivity (Wildman–Crippen MR) is 67.8 cm³/mol. The Labute approximate surface area is 102 Å². The van der Waals surface area contributed by atoms with Crippen LogP contribution >= 0.6 is 0 Å². The SMILES string of the molecule is Cc1ccc(NS(=O)(=O)N(C)CCCN)nc1. The molecular weight excluding hydrogens is 240 g/mol. The van der Waals surface area contributed by atoms with E-state index in [4.69, 9.17) is 5.73 Å². The molecule has 0 spiro atoms. The van der Waals surface area contributed by atoms with Gasteiger partial charge in [0.1, 0.15) is 5.82 Å². The summed E-state index contributed by atoms with van der Waals surface area (Å²) in [5.74, 6) is 0.315. The van der Waals surface area contributed by atoms with Gasteiger partial charge in [-0.05, 0) is 31.5 Å². The monoisotopic (exact) mass is 258 g/mol. The molecule has 1 aromatic heterocycles. The summed E-state index contributed by atoms with van der Waals surface area (Å²) in [6.45, 7) is 2.74. The molecule has 96 valence electrons. The van der Waals surface area contributed by atoms with Crippen molar-refractivity contribution in [3.05, 3.63) is 23.9 Å². The van der Waals surface area contributed by atoms with Crippen molar-refractivity contribution < 1.29 is 8.42 Å². The summed E-state index contributed by atoms with van der Waals surface area (Å²) in [6.07, 6.45) is 2.23. The molecule has 17 heavy (non-hydrogen) atoms. The summed E-state index contributed by atoms with van der Waals surface area (Å²) in [4.78, 5) is 3.98. The number of rotatable bonds is 6. The number of nitrogens with two attached hydrogens (primary N) is 1. The Kier molecular flexibility index (Phi) is 4.86. The van der Waals surface area contributed by atoms with Gasteiger partial charge in [0, 0.05) is 19.8 Å². The first kappa shape index (κ1) is 13.9. The van der Waals surface area contributed by atoms with Crippen LogP contribution in [0.25, 0.3) is 0 Å². The van der Waals surface area contributed by atoms with E-state index in [9.17, 15) is 8.42 Å². The molecular formula is C10H18N4O2S. The molecule has 1 aromatic rings. The molecule has 0 aliphatic carbocycles. The maximum Gasteiger partial charge on any atom is 0.302 e. The first-order chi connectivity index (χ1) is 7.95. The van der Waals surface area contributed by atoms with Crippen LogP contribution in [-0.2, 0) is 10.2 Å². The molecule has 0 aromatic carbocycles. The third kappa shape index (κ3) is 4.29. The van der Waals surface area contributed by atoms with Crippen LogP contribution in [0, 0.1) is 6.92 Å². The fourth-order valence-electron chi connectivity index (χ4n) is 1.17. The van der Waals surface area contributed by atoms with E-state index in [0.29, 0.717) is 25.3 Å². The van der Waals surface area contributed by atoms with Gasteiger partial charge in [0.15, 0.2) is 0 Å². The van der Waals surface area contributed by atoms with E-state index in [0.717, 1.165) is 5.56 Å². The molecule has 0 bridgehead atoms. The van der Waals surface area contributed by atoms with Gasteiger partial charge in [-0.3, -0.25) is 4.72 Å². The van der Waals surface area contributed by atoms with Crippen LogP contribution in [0.3, 0.4) is 0 Å². The van der Waals surface area contributed by atoms with Crippen molar-refractivity contribution in [2.24, 2.45) is 5.73 Å². The zero-order valence-electron chi connectivity index (χ0n) is 10.0. The van der Waals surface area contributed by atoms with Gasteiger partial charge in [0.2, 0.25) is 0 Å². The third-order valence-electron chi connectivity index (χ3n) is 2.23. The Bertz CT molecular complexity index is 444. The quantitative estimate of drug-likeness (QED) is 0.769. The van der Waals surface area contributed by atoms with Gasteiger partial charge in [-0.1, -0.05) is 6.07 Å². The minimum Gasteiger partial charge on any atom is -0.330 e. The first-order valence-electron chi connectivity index (χ1n) is 5.32. The van der Waals surface area contributed by atoms with E-state index in [1.807, 2.05) is 6.92 Å². The van der Waals surface area contributed by atoms with Crippen molar-refractivity contribution in [3.63, 3.8) is 0 Å². The van der Waals surface area contributed by atoms with E-state index < -0.39 is 10.2 Å². The molecule has 6 nitrogen and oxygen atoms in total. The molecule has 0 saturated heterocycles. The number of anilines is 1. The zero-order chi connectivity index (χ0) is 12.9. The Balaban J connectivity index is 2.69. The van der Waals surface area contributed by atoms with Crippen molar-refractivity contribution in [3.8, 4) is 0 Å². The number of nitrogens with zero attached hydrogens (tertiary/aromatic N) is 2. The topological polar surface area (TPSA) is 88.3 Å². The predicted octanol–water partition coefficient (Wildman–Crippen LogP) is 0.327. The van der Waals surface area contributed by atoms with Crippen LogP contribution in [-0.4, -0.2) is 37.8 Å². The summed E-state index contributed by atoms with van der Waals surface area (Å²) < 4.78 is 27.3. The maximum atomic E-state index is 11.8. The molecule has 0 amide bonds. The summed E-state index contributed by atoms with van der Waals surface area (Å²) >= 11 is 0. The van der Waals surface area contributed by atoms with Gasteiger partial charge in [-0.2, -0.15) is 12.7 Å². The lowest BCUT2D eigenvalue weighted by atomic mass is 10.3. The molecule has 0 fully saturated rings. The fraction of sp³-hybridized carbons (Fsp3) is 0.500. The summed E-state index contributed by atoms with van der Waals surface area (Å²) in [7, 11) is -2.03. The normalized spacial score (nSPS) is 11.8. The van der Waals surface area contributed by atoms with Crippen molar-refractivity contribution in [2.75, 3.05) is 24.9 Å². The number of pyridine rings is 1. The highest BCUT2D eigenvalue weighted by atomic mass is 32.2. The second-order valence-electron chi connectivity index (χ2n) is 3.79. The summed E-state index contributed by atoms with van der Waals surface area (Å²) in [6, 6.07) is 3.42. The summed E-state index contributed by atoms with van der Waals surface area (Å²) in [5.41, 5.74) is 6.31. The molecule has 7 heteroatoms. The average Bonchev–Trinajstić information content (AvgIpc) is 2.28. The summed E-state index contributed by atoms with van der Waals surface area (Å²) in [5, 5.41) is 0. The minimum atomic E-state index is -3.53. The zero-order valence-corrected chi connectivity index (χ0v) is 10.9. The number of hydrogen-bond acceptors (Lipinski definition) is 4. The molecule has 3 N–H and O–H groups in total. The van der Waals surface area contributed by atoms with Crippen LogP contribution in [0.4, 0.5) is 5.82 Å². The van der Waals surface area contributed by atoms with E-state index in [-0.39, 0.29) is 0 Å².